The van der Waals surface area contributed by atoms with Gasteiger partial charge in [0, 0.05) is 11.8 Å². The Bertz CT molecular complexity index is 403. The number of aromatic nitrogens is 1. The summed E-state index contributed by atoms with van der Waals surface area (Å²) in [7, 11) is 0. The van der Waals surface area contributed by atoms with Crippen LogP contribution in [0.4, 0.5) is 0 Å². The van der Waals surface area contributed by atoms with Gasteiger partial charge in [-0.25, -0.2) is 0 Å². The SMILES string of the molecule is Cc1ncc(CC(C)C(=O)O)c(CO)c1O. The fraction of sp³-hybridized carbons (Fsp3) is 0.455. The van der Waals surface area contributed by atoms with E-state index < -0.39 is 11.9 Å². The molecule has 1 aromatic heterocycles. The molecular weight excluding hydrogens is 210 g/mol. The molecule has 0 amide bonds. The van der Waals surface area contributed by atoms with E-state index in [-0.39, 0.29) is 18.8 Å². The number of nitrogens with zero attached hydrogens (tertiary/aromatic N) is 1. The van der Waals surface area contributed by atoms with Gasteiger partial charge in [-0.3, -0.25) is 9.78 Å². The maximum absolute atomic E-state index is 10.7. The van der Waals surface area contributed by atoms with Crippen LogP contribution >= 0.6 is 0 Å². The van der Waals surface area contributed by atoms with Crippen LogP contribution in [0, 0.1) is 12.8 Å². The average molecular weight is 225 g/mol. The summed E-state index contributed by atoms with van der Waals surface area (Å²) in [6.07, 6.45) is 1.74. The summed E-state index contributed by atoms with van der Waals surface area (Å²) in [5.41, 5.74) is 1.36. The quantitative estimate of drug-likeness (QED) is 0.706. The van der Waals surface area contributed by atoms with E-state index in [0.29, 0.717) is 16.8 Å². The molecule has 0 saturated heterocycles. The van der Waals surface area contributed by atoms with Crippen LogP contribution in [0.1, 0.15) is 23.7 Å². The highest BCUT2D eigenvalue weighted by Gasteiger charge is 2.17. The average Bonchev–Trinajstić information content (AvgIpc) is 2.23. The van der Waals surface area contributed by atoms with Crippen molar-refractivity contribution in [2.24, 2.45) is 5.92 Å². The molecule has 0 aliphatic rings. The molecule has 16 heavy (non-hydrogen) atoms. The highest BCUT2D eigenvalue weighted by atomic mass is 16.4. The number of aromatic hydroxyl groups is 1. The molecule has 0 aromatic carbocycles. The van der Waals surface area contributed by atoms with Crippen molar-refractivity contribution >= 4 is 5.97 Å². The number of carbonyl (C=O) groups is 1. The first-order valence-electron chi connectivity index (χ1n) is 4.97. The summed E-state index contributed by atoms with van der Waals surface area (Å²) in [5.74, 6) is -1.55. The van der Waals surface area contributed by atoms with Crippen LogP contribution in [0.25, 0.3) is 0 Å². The van der Waals surface area contributed by atoms with Crippen LogP contribution in [-0.4, -0.2) is 26.3 Å². The van der Waals surface area contributed by atoms with E-state index in [4.69, 9.17) is 10.2 Å². The molecule has 1 heterocycles. The van der Waals surface area contributed by atoms with Crippen molar-refractivity contribution < 1.29 is 20.1 Å². The Balaban J connectivity index is 3.05. The third-order valence-electron chi connectivity index (χ3n) is 2.54. The van der Waals surface area contributed by atoms with Gasteiger partial charge in [0.25, 0.3) is 0 Å². The van der Waals surface area contributed by atoms with Crippen LogP contribution in [0.2, 0.25) is 0 Å². The van der Waals surface area contributed by atoms with Crippen LogP contribution in [-0.2, 0) is 17.8 Å². The van der Waals surface area contributed by atoms with Crippen LogP contribution < -0.4 is 0 Å². The first-order valence-corrected chi connectivity index (χ1v) is 4.97. The van der Waals surface area contributed by atoms with E-state index in [1.54, 1.807) is 13.8 Å². The van der Waals surface area contributed by atoms with Gasteiger partial charge in [-0.1, -0.05) is 6.92 Å². The molecule has 1 rings (SSSR count). The van der Waals surface area contributed by atoms with Gasteiger partial charge in [-0.05, 0) is 18.9 Å². The number of aliphatic carboxylic acids is 1. The Hall–Kier alpha value is -1.62. The lowest BCUT2D eigenvalue weighted by Crippen LogP contribution is -2.14. The molecule has 5 heteroatoms. The first-order chi connectivity index (χ1) is 7.47. The maximum Gasteiger partial charge on any atom is 0.306 e. The Morgan fingerprint density at radius 1 is 1.56 bits per heavy atom. The van der Waals surface area contributed by atoms with E-state index in [0.717, 1.165) is 0 Å². The van der Waals surface area contributed by atoms with Crippen molar-refractivity contribution in [2.75, 3.05) is 0 Å². The van der Waals surface area contributed by atoms with Gasteiger partial charge in [0.2, 0.25) is 0 Å². The molecule has 0 bridgehead atoms. The summed E-state index contributed by atoms with van der Waals surface area (Å²) in [5, 5.41) is 27.6. The third-order valence-corrected chi connectivity index (χ3v) is 2.54. The number of aliphatic hydroxyl groups excluding tert-OH is 1. The Labute approximate surface area is 93.4 Å². The summed E-state index contributed by atoms with van der Waals surface area (Å²) >= 11 is 0. The van der Waals surface area contributed by atoms with E-state index in [1.807, 2.05) is 0 Å². The van der Waals surface area contributed by atoms with Gasteiger partial charge >= 0.3 is 5.97 Å². The predicted molar refractivity (Wildman–Crippen MR) is 57.1 cm³/mol. The molecule has 1 atom stereocenters. The lowest BCUT2D eigenvalue weighted by atomic mass is 9.98. The highest BCUT2D eigenvalue weighted by Crippen LogP contribution is 2.25. The van der Waals surface area contributed by atoms with E-state index >= 15 is 0 Å². The van der Waals surface area contributed by atoms with E-state index in [2.05, 4.69) is 4.98 Å². The molecule has 0 fully saturated rings. The smallest absolute Gasteiger partial charge is 0.306 e. The molecule has 3 N–H and O–H groups in total. The summed E-state index contributed by atoms with van der Waals surface area (Å²) < 4.78 is 0. The van der Waals surface area contributed by atoms with Gasteiger partial charge in [-0.15, -0.1) is 0 Å². The lowest BCUT2D eigenvalue weighted by molar-refractivity contribution is -0.141. The standard InChI is InChI=1S/C11H15NO4/c1-6(11(15)16)3-8-4-12-7(2)10(14)9(8)5-13/h4,6,13-14H,3,5H2,1-2H3,(H,15,16). The van der Waals surface area contributed by atoms with Gasteiger partial charge in [0.1, 0.15) is 5.75 Å². The minimum atomic E-state index is -0.913. The number of hydrogen-bond acceptors (Lipinski definition) is 4. The van der Waals surface area contributed by atoms with Crippen LogP contribution in [0.3, 0.4) is 0 Å². The second-order valence-corrected chi connectivity index (χ2v) is 3.80. The molecule has 0 aliphatic carbocycles. The Morgan fingerprint density at radius 2 is 2.19 bits per heavy atom. The highest BCUT2D eigenvalue weighted by molar-refractivity contribution is 5.70. The van der Waals surface area contributed by atoms with Gasteiger partial charge in [0.05, 0.1) is 18.2 Å². The first kappa shape index (κ1) is 12.4. The molecule has 5 nitrogen and oxygen atoms in total. The molecule has 0 radical (unpaired) electrons. The van der Waals surface area contributed by atoms with E-state index in [9.17, 15) is 9.90 Å². The minimum Gasteiger partial charge on any atom is -0.506 e. The van der Waals surface area contributed by atoms with Gasteiger partial charge in [-0.2, -0.15) is 0 Å². The molecule has 1 unspecified atom stereocenters. The van der Waals surface area contributed by atoms with E-state index in [1.165, 1.54) is 6.20 Å². The number of pyridine rings is 1. The number of rotatable bonds is 4. The normalized spacial score (nSPS) is 12.4. The van der Waals surface area contributed by atoms with Crippen LogP contribution in [0.5, 0.6) is 5.75 Å². The Morgan fingerprint density at radius 3 is 2.69 bits per heavy atom. The van der Waals surface area contributed by atoms with Gasteiger partial charge in [0.15, 0.2) is 0 Å². The zero-order chi connectivity index (χ0) is 12.3. The van der Waals surface area contributed by atoms with Crippen molar-refractivity contribution in [3.05, 3.63) is 23.0 Å². The van der Waals surface area contributed by atoms with Crippen molar-refractivity contribution in [1.29, 1.82) is 0 Å². The van der Waals surface area contributed by atoms with Crippen molar-refractivity contribution in [1.82, 2.24) is 4.98 Å². The van der Waals surface area contributed by atoms with Crippen molar-refractivity contribution in [2.45, 2.75) is 26.9 Å². The minimum absolute atomic E-state index is 0.0578. The number of carboxylic acids is 1. The summed E-state index contributed by atoms with van der Waals surface area (Å²) in [4.78, 5) is 14.7. The largest absolute Gasteiger partial charge is 0.506 e. The maximum atomic E-state index is 10.7. The molecule has 1 aromatic rings. The topological polar surface area (TPSA) is 90.7 Å². The third kappa shape index (κ3) is 2.49. The Kier molecular flexibility index (Phi) is 3.84. The summed E-state index contributed by atoms with van der Waals surface area (Å²) in [6, 6.07) is 0. The predicted octanol–water partition coefficient (Wildman–Crippen LogP) is 0.851. The molecule has 0 saturated carbocycles. The monoisotopic (exact) mass is 225 g/mol. The molecular formula is C11H15NO4. The number of hydrogen-bond donors (Lipinski definition) is 3. The zero-order valence-electron chi connectivity index (χ0n) is 9.27. The molecule has 0 spiro atoms. The van der Waals surface area contributed by atoms with Crippen molar-refractivity contribution in [3.8, 4) is 5.75 Å². The summed E-state index contributed by atoms with van der Waals surface area (Å²) in [6.45, 7) is 2.87. The number of carboxylic acid groups (broad SMARTS) is 1. The zero-order valence-corrected chi connectivity index (χ0v) is 9.27. The fourth-order valence-electron chi connectivity index (χ4n) is 1.45. The second-order valence-electron chi connectivity index (χ2n) is 3.80. The van der Waals surface area contributed by atoms with Gasteiger partial charge < -0.3 is 15.3 Å². The number of aryl methyl sites for hydroxylation is 1. The molecule has 88 valence electrons. The second kappa shape index (κ2) is 4.94. The van der Waals surface area contributed by atoms with Crippen molar-refractivity contribution in [3.63, 3.8) is 0 Å². The lowest BCUT2D eigenvalue weighted by Gasteiger charge is -2.12. The number of aliphatic hydroxyl groups is 1. The molecule has 0 aliphatic heterocycles. The van der Waals surface area contributed by atoms with Crippen LogP contribution in [0.15, 0.2) is 6.20 Å². The fourth-order valence-corrected chi connectivity index (χ4v) is 1.45.